The Morgan fingerprint density at radius 1 is 1.38 bits per heavy atom. The predicted molar refractivity (Wildman–Crippen MR) is 72.8 cm³/mol. The van der Waals surface area contributed by atoms with Crippen LogP contribution in [0.2, 0.25) is 0 Å². The highest BCUT2D eigenvalue weighted by Gasteiger charge is 2.27. The largest absolute Gasteiger partial charge is 0.387 e. The van der Waals surface area contributed by atoms with Crippen LogP contribution in [0.15, 0.2) is 10.5 Å². The van der Waals surface area contributed by atoms with Crippen LogP contribution in [0.1, 0.15) is 48.5 Å². The van der Waals surface area contributed by atoms with E-state index in [2.05, 4.69) is 35.8 Å². The molecule has 1 fully saturated rings. The Morgan fingerprint density at radius 3 is 2.50 bits per heavy atom. The lowest BCUT2D eigenvalue weighted by Gasteiger charge is -2.29. The van der Waals surface area contributed by atoms with Gasteiger partial charge in [-0.15, -0.1) is 11.3 Å². The number of hydrogen-bond donors (Lipinski definition) is 1. The molecule has 0 amide bonds. The van der Waals surface area contributed by atoms with E-state index in [4.69, 9.17) is 0 Å². The van der Waals surface area contributed by atoms with E-state index in [1.54, 1.807) is 11.3 Å². The summed E-state index contributed by atoms with van der Waals surface area (Å²) in [6.45, 7) is 4.41. The van der Waals surface area contributed by atoms with Gasteiger partial charge in [-0.05, 0) is 53.6 Å². The highest BCUT2D eigenvalue weighted by molar-refractivity contribution is 9.10. The standard InChI is InChI=1S/C13H19BrOS/c1-8-3-5-10(6-4-8)12(15)13-11(14)7-9(2)16-13/h7-8,10,12,15H,3-6H2,1-2H3. The van der Waals surface area contributed by atoms with Crippen LogP contribution in [-0.2, 0) is 0 Å². The minimum absolute atomic E-state index is 0.263. The van der Waals surface area contributed by atoms with Crippen molar-refractivity contribution in [2.75, 3.05) is 0 Å². The summed E-state index contributed by atoms with van der Waals surface area (Å²) in [5, 5.41) is 10.4. The summed E-state index contributed by atoms with van der Waals surface area (Å²) in [7, 11) is 0. The van der Waals surface area contributed by atoms with Crippen molar-refractivity contribution in [3.63, 3.8) is 0 Å². The van der Waals surface area contributed by atoms with E-state index >= 15 is 0 Å². The molecular formula is C13H19BrOS. The van der Waals surface area contributed by atoms with Gasteiger partial charge < -0.3 is 5.11 Å². The van der Waals surface area contributed by atoms with Crippen LogP contribution in [0, 0.1) is 18.8 Å². The fourth-order valence-electron chi connectivity index (χ4n) is 2.52. The third-order valence-electron chi connectivity index (χ3n) is 3.61. The fraction of sp³-hybridized carbons (Fsp3) is 0.692. The zero-order valence-corrected chi connectivity index (χ0v) is 12.3. The van der Waals surface area contributed by atoms with Crippen molar-refractivity contribution in [3.8, 4) is 0 Å². The molecule has 16 heavy (non-hydrogen) atoms. The molecule has 1 aromatic rings. The average Bonchev–Trinajstić information content (AvgIpc) is 2.58. The zero-order valence-electron chi connectivity index (χ0n) is 9.87. The van der Waals surface area contributed by atoms with Gasteiger partial charge in [-0.25, -0.2) is 0 Å². The van der Waals surface area contributed by atoms with Gasteiger partial charge in [-0.1, -0.05) is 19.8 Å². The minimum atomic E-state index is -0.263. The second-order valence-electron chi connectivity index (χ2n) is 5.03. The maximum Gasteiger partial charge on any atom is 0.0921 e. The highest BCUT2D eigenvalue weighted by Crippen LogP contribution is 2.41. The molecule has 2 rings (SSSR count). The molecule has 1 aliphatic rings. The Labute approximate surface area is 110 Å². The van der Waals surface area contributed by atoms with E-state index in [0.29, 0.717) is 5.92 Å². The third kappa shape index (κ3) is 2.69. The monoisotopic (exact) mass is 302 g/mol. The summed E-state index contributed by atoms with van der Waals surface area (Å²) in [6.07, 6.45) is 4.62. The maximum absolute atomic E-state index is 10.4. The molecule has 1 nitrogen and oxygen atoms in total. The highest BCUT2D eigenvalue weighted by atomic mass is 79.9. The second-order valence-corrected chi connectivity index (χ2v) is 7.18. The van der Waals surface area contributed by atoms with Gasteiger partial charge in [0.25, 0.3) is 0 Å². The van der Waals surface area contributed by atoms with Crippen molar-refractivity contribution in [2.24, 2.45) is 11.8 Å². The first-order valence-corrected chi connectivity index (χ1v) is 7.62. The Kier molecular flexibility index (Phi) is 4.09. The molecule has 1 heterocycles. The van der Waals surface area contributed by atoms with E-state index in [0.717, 1.165) is 15.3 Å². The molecule has 1 aromatic heterocycles. The summed E-state index contributed by atoms with van der Waals surface area (Å²) in [4.78, 5) is 2.39. The smallest absolute Gasteiger partial charge is 0.0921 e. The van der Waals surface area contributed by atoms with Crippen LogP contribution in [-0.4, -0.2) is 5.11 Å². The van der Waals surface area contributed by atoms with Crippen LogP contribution >= 0.6 is 27.3 Å². The van der Waals surface area contributed by atoms with Crippen LogP contribution in [0.25, 0.3) is 0 Å². The number of aryl methyl sites for hydroxylation is 1. The van der Waals surface area contributed by atoms with Crippen molar-refractivity contribution in [1.29, 1.82) is 0 Å². The number of hydrogen-bond acceptors (Lipinski definition) is 2. The molecule has 0 saturated heterocycles. The normalized spacial score (nSPS) is 28.0. The lowest BCUT2D eigenvalue weighted by molar-refractivity contribution is 0.0779. The van der Waals surface area contributed by atoms with Gasteiger partial charge in [0.2, 0.25) is 0 Å². The van der Waals surface area contributed by atoms with Gasteiger partial charge in [0.1, 0.15) is 0 Å². The number of rotatable bonds is 2. The summed E-state index contributed by atoms with van der Waals surface area (Å²) in [5.41, 5.74) is 0. The van der Waals surface area contributed by atoms with Crippen molar-refractivity contribution in [3.05, 3.63) is 20.3 Å². The van der Waals surface area contributed by atoms with E-state index in [1.807, 2.05) is 0 Å². The maximum atomic E-state index is 10.4. The van der Waals surface area contributed by atoms with Crippen molar-refractivity contribution in [1.82, 2.24) is 0 Å². The molecule has 0 bridgehead atoms. The second kappa shape index (κ2) is 5.19. The third-order valence-corrected chi connectivity index (χ3v) is 5.65. The van der Waals surface area contributed by atoms with Gasteiger partial charge in [0.05, 0.1) is 6.10 Å². The summed E-state index contributed by atoms with van der Waals surface area (Å²) in [6, 6.07) is 2.11. The van der Waals surface area contributed by atoms with Gasteiger partial charge in [0.15, 0.2) is 0 Å². The molecule has 3 heteroatoms. The lowest BCUT2D eigenvalue weighted by atomic mass is 9.80. The molecular weight excluding hydrogens is 284 g/mol. The zero-order chi connectivity index (χ0) is 11.7. The molecule has 1 aliphatic carbocycles. The number of aliphatic hydroxyl groups is 1. The van der Waals surface area contributed by atoms with Crippen LogP contribution in [0.4, 0.5) is 0 Å². The summed E-state index contributed by atoms with van der Waals surface area (Å²) in [5.74, 6) is 1.31. The van der Waals surface area contributed by atoms with Crippen LogP contribution < -0.4 is 0 Å². The summed E-state index contributed by atoms with van der Waals surface area (Å²) >= 11 is 5.27. The SMILES string of the molecule is Cc1cc(Br)c(C(O)C2CCC(C)CC2)s1. The Balaban J connectivity index is 2.07. The summed E-state index contributed by atoms with van der Waals surface area (Å²) < 4.78 is 1.08. The van der Waals surface area contributed by atoms with Gasteiger partial charge >= 0.3 is 0 Å². The van der Waals surface area contributed by atoms with E-state index in [1.165, 1.54) is 30.6 Å². The topological polar surface area (TPSA) is 20.2 Å². The molecule has 90 valence electrons. The quantitative estimate of drug-likeness (QED) is 0.841. The van der Waals surface area contributed by atoms with E-state index in [9.17, 15) is 5.11 Å². The first kappa shape index (κ1) is 12.6. The number of aliphatic hydroxyl groups excluding tert-OH is 1. The Morgan fingerprint density at radius 2 is 2.00 bits per heavy atom. The van der Waals surface area contributed by atoms with Crippen molar-refractivity contribution < 1.29 is 5.11 Å². The molecule has 0 radical (unpaired) electrons. The molecule has 1 saturated carbocycles. The van der Waals surface area contributed by atoms with Gasteiger partial charge in [0, 0.05) is 14.2 Å². The first-order valence-electron chi connectivity index (χ1n) is 6.02. The molecule has 1 atom stereocenters. The molecule has 0 aromatic carbocycles. The minimum Gasteiger partial charge on any atom is -0.387 e. The van der Waals surface area contributed by atoms with E-state index in [-0.39, 0.29) is 6.10 Å². The predicted octanol–water partition coefficient (Wildman–Crippen LogP) is 4.68. The molecule has 0 aliphatic heterocycles. The van der Waals surface area contributed by atoms with Gasteiger partial charge in [-0.3, -0.25) is 0 Å². The molecule has 0 spiro atoms. The lowest BCUT2D eigenvalue weighted by Crippen LogP contribution is -2.18. The number of thiophene rings is 1. The molecule has 1 N–H and O–H groups in total. The average molecular weight is 303 g/mol. The van der Waals surface area contributed by atoms with Crippen LogP contribution in [0.3, 0.4) is 0 Å². The first-order chi connectivity index (χ1) is 7.58. The number of halogens is 1. The van der Waals surface area contributed by atoms with E-state index < -0.39 is 0 Å². The molecule has 1 unspecified atom stereocenters. The van der Waals surface area contributed by atoms with Gasteiger partial charge in [-0.2, -0.15) is 0 Å². The fourth-order valence-corrected chi connectivity index (χ4v) is 4.48. The van der Waals surface area contributed by atoms with Crippen LogP contribution in [0.5, 0.6) is 0 Å². The van der Waals surface area contributed by atoms with Crippen molar-refractivity contribution in [2.45, 2.75) is 45.6 Å². The Bertz CT molecular complexity index is 353. The Hall–Kier alpha value is 0.140. The van der Waals surface area contributed by atoms with Crippen molar-refractivity contribution >= 4 is 27.3 Å².